The number of nitrogen functional groups attached to an aromatic ring is 1. The van der Waals surface area contributed by atoms with E-state index in [2.05, 4.69) is 11.4 Å². The van der Waals surface area contributed by atoms with Gasteiger partial charge in [-0.05, 0) is 30.7 Å². The summed E-state index contributed by atoms with van der Waals surface area (Å²) in [7, 11) is 0. The number of benzene rings is 2. The fraction of sp³-hybridized carbons (Fsp3) is 0.143. The third-order valence-electron chi connectivity index (χ3n) is 4.21. The zero-order chi connectivity index (χ0) is 18.5. The molecule has 0 bridgehead atoms. The first-order chi connectivity index (χ1) is 12.6. The molecule has 1 aromatic heterocycles. The molecule has 0 atom stereocenters. The molecule has 0 unspecified atom stereocenters. The van der Waals surface area contributed by atoms with Crippen LogP contribution in [0, 0.1) is 18.3 Å². The van der Waals surface area contributed by atoms with Gasteiger partial charge in [-0.25, -0.2) is 0 Å². The fourth-order valence-corrected chi connectivity index (χ4v) is 2.85. The number of hydrogen-bond donors (Lipinski definition) is 2. The maximum absolute atomic E-state index is 12.5. The highest BCUT2D eigenvalue weighted by atomic mass is 16.1. The monoisotopic (exact) mass is 344 g/mol. The molecule has 0 aliphatic rings. The van der Waals surface area contributed by atoms with Gasteiger partial charge in [0.2, 0.25) is 5.91 Å². The van der Waals surface area contributed by atoms with Crippen LogP contribution in [0.1, 0.15) is 22.5 Å². The lowest BCUT2D eigenvalue weighted by molar-refractivity contribution is -0.116. The molecule has 1 heterocycles. The second-order valence-electron chi connectivity index (χ2n) is 6.21. The quantitative estimate of drug-likeness (QED) is 0.743. The van der Waals surface area contributed by atoms with Crippen molar-refractivity contribution in [3.05, 3.63) is 83.2 Å². The molecule has 0 aliphatic carbocycles. The molecule has 0 radical (unpaired) electrons. The van der Waals surface area contributed by atoms with E-state index in [-0.39, 0.29) is 12.5 Å². The summed E-state index contributed by atoms with van der Waals surface area (Å²) in [4.78, 5) is 12.5. The summed E-state index contributed by atoms with van der Waals surface area (Å²) in [5.41, 5.74) is 10.7. The Bertz CT molecular complexity index is 950. The van der Waals surface area contributed by atoms with Crippen molar-refractivity contribution < 1.29 is 4.79 Å². The van der Waals surface area contributed by atoms with E-state index in [1.54, 1.807) is 10.6 Å². The second-order valence-corrected chi connectivity index (χ2v) is 6.21. The van der Waals surface area contributed by atoms with Crippen LogP contribution in [0.4, 0.5) is 11.4 Å². The summed E-state index contributed by atoms with van der Waals surface area (Å²) >= 11 is 0. The highest BCUT2D eigenvalue weighted by Gasteiger charge is 2.16. The van der Waals surface area contributed by atoms with Crippen molar-refractivity contribution in [3.8, 4) is 6.07 Å². The Morgan fingerprint density at radius 3 is 2.50 bits per heavy atom. The molecule has 1 amide bonds. The van der Waals surface area contributed by atoms with E-state index < -0.39 is 0 Å². The number of carbonyl (C=O) groups is 1. The number of nitrogens with one attached hydrogen (secondary N) is 1. The normalized spacial score (nSPS) is 10.3. The highest BCUT2D eigenvalue weighted by molar-refractivity contribution is 5.90. The zero-order valence-electron chi connectivity index (χ0n) is 14.6. The van der Waals surface area contributed by atoms with Gasteiger partial charge in [0.1, 0.15) is 18.3 Å². The first-order valence-electron chi connectivity index (χ1n) is 8.35. The molecule has 3 N–H and O–H groups in total. The Kier molecular flexibility index (Phi) is 5.04. The molecule has 3 aromatic rings. The fourth-order valence-electron chi connectivity index (χ4n) is 2.85. The average Bonchev–Trinajstić information content (AvgIpc) is 2.93. The van der Waals surface area contributed by atoms with E-state index in [1.807, 2.05) is 61.5 Å². The minimum atomic E-state index is -0.199. The molecule has 0 spiro atoms. The number of aryl methyl sites for hydroxylation is 1. The molecule has 0 saturated carbocycles. The van der Waals surface area contributed by atoms with Gasteiger partial charge < -0.3 is 15.6 Å². The van der Waals surface area contributed by atoms with Crippen LogP contribution in [0.3, 0.4) is 0 Å². The number of nitriles is 1. The second kappa shape index (κ2) is 7.58. The standard InChI is InChI=1S/C21H20N4O/c1-15-7-9-17(10-8-15)24-21(26)14-25-18(13-22)12-19(23)20(25)11-16-5-3-2-4-6-16/h2-10,12H,11,14,23H2,1H3,(H,24,26). The maximum Gasteiger partial charge on any atom is 0.244 e. The summed E-state index contributed by atoms with van der Waals surface area (Å²) in [5, 5.41) is 12.3. The number of rotatable bonds is 5. The largest absolute Gasteiger partial charge is 0.397 e. The van der Waals surface area contributed by atoms with Crippen LogP contribution in [-0.2, 0) is 17.8 Å². The van der Waals surface area contributed by atoms with E-state index >= 15 is 0 Å². The number of carbonyl (C=O) groups excluding carboxylic acids is 1. The predicted octanol–water partition coefficient (Wildman–Crippen LogP) is 3.48. The maximum atomic E-state index is 12.5. The van der Waals surface area contributed by atoms with Crippen molar-refractivity contribution in [1.29, 1.82) is 5.26 Å². The van der Waals surface area contributed by atoms with E-state index in [0.717, 1.165) is 22.5 Å². The number of nitrogens with zero attached hydrogens (tertiary/aromatic N) is 2. The van der Waals surface area contributed by atoms with E-state index in [9.17, 15) is 10.1 Å². The Hall–Kier alpha value is -3.52. The first-order valence-corrected chi connectivity index (χ1v) is 8.35. The molecule has 0 saturated heterocycles. The number of hydrogen-bond acceptors (Lipinski definition) is 3. The number of nitrogens with two attached hydrogens (primary N) is 1. The lowest BCUT2D eigenvalue weighted by Gasteiger charge is -2.12. The number of anilines is 2. The molecule has 5 heteroatoms. The predicted molar refractivity (Wildman–Crippen MR) is 103 cm³/mol. The molecule has 130 valence electrons. The van der Waals surface area contributed by atoms with Gasteiger partial charge in [-0.1, -0.05) is 48.0 Å². The van der Waals surface area contributed by atoms with Crippen LogP contribution < -0.4 is 11.1 Å². The third kappa shape index (κ3) is 3.93. The molecule has 3 rings (SSSR count). The third-order valence-corrected chi connectivity index (χ3v) is 4.21. The summed E-state index contributed by atoms with van der Waals surface area (Å²) in [6.07, 6.45) is 0.562. The van der Waals surface area contributed by atoms with Crippen molar-refractivity contribution in [2.75, 3.05) is 11.1 Å². The molecule has 5 nitrogen and oxygen atoms in total. The topological polar surface area (TPSA) is 83.8 Å². The van der Waals surface area contributed by atoms with Gasteiger partial charge in [0.05, 0.1) is 5.69 Å². The molecular weight excluding hydrogens is 324 g/mol. The Morgan fingerprint density at radius 2 is 1.85 bits per heavy atom. The van der Waals surface area contributed by atoms with E-state index in [4.69, 9.17) is 5.73 Å². The van der Waals surface area contributed by atoms with Crippen LogP contribution in [0.15, 0.2) is 60.7 Å². The van der Waals surface area contributed by atoms with Gasteiger partial charge in [-0.15, -0.1) is 0 Å². The smallest absolute Gasteiger partial charge is 0.244 e. The molecule has 0 fully saturated rings. The van der Waals surface area contributed by atoms with Gasteiger partial charge in [0.25, 0.3) is 0 Å². The first kappa shape index (κ1) is 17.3. The van der Waals surface area contributed by atoms with Gasteiger partial charge in [-0.2, -0.15) is 5.26 Å². The molecule has 0 aliphatic heterocycles. The lowest BCUT2D eigenvalue weighted by Crippen LogP contribution is -2.21. The van der Waals surface area contributed by atoms with Crippen molar-refractivity contribution in [2.24, 2.45) is 0 Å². The van der Waals surface area contributed by atoms with Crippen LogP contribution in [0.25, 0.3) is 0 Å². The lowest BCUT2D eigenvalue weighted by atomic mass is 10.1. The molecule has 26 heavy (non-hydrogen) atoms. The highest BCUT2D eigenvalue weighted by Crippen LogP contribution is 2.22. The summed E-state index contributed by atoms with van der Waals surface area (Å²) in [6.45, 7) is 2.03. The van der Waals surface area contributed by atoms with Gasteiger partial charge in [0.15, 0.2) is 0 Å². The van der Waals surface area contributed by atoms with E-state index in [1.165, 1.54) is 0 Å². The average molecular weight is 344 g/mol. The Morgan fingerprint density at radius 1 is 1.15 bits per heavy atom. The summed E-state index contributed by atoms with van der Waals surface area (Å²) in [5.74, 6) is -0.199. The summed E-state index contributed by atoms with van der Waals surface area (Å²) in [6, 6.07) is 21.2. The zero-order valence-corrected chi connectivity index (χ0v) is 14.6. The Balaban J connectivity index is 1.83. The van der Waals surface area contributed by atoms with Crippen LogP contribution >= 0.6 is 0 Å². The molecular formula is C21H20N4O. The van der Waals surface area contributed by atoms with Gasteiger partial charge in [-0.3, -0.25) is 4.79 Å². The van der Waals surface area contributed by atoms with Crippen molar-refractivity contribution in [2.45, 2.75) is 19.9 Å². The van der Waals surface area contributed by atoms with Crippen LogP contribution in [0.2, 0.25) is 0 Å². The summed E-state index contributed by atoms with van der Waals surface area (Å²) < 4.78 is 1.69. The van der Waals surface area contributed by atoms with Crippen LogP contribution in [-0.4, -0.2) is 10.5 Å². The van der Waals surface area contributed by atoms with Crippen LogP contribution in [0.5, 0.6) is 0 Å². The van der Waals surface area contributed by atoms with Crippen molar-refractivity contribution >= 4 is 17.3 Å². The van der Waals surface area contributed by atoms with E-state index in [0.29, 0.717) is 17.8 Å². The van der Waals surface area contributed by atoms with Gasteiger partial charge in [0, 0.05) is 17.8 Å². The Labute approximate surface area is 152 Å². The minimum absolute atomic E-state index is 0.0378. The number of aromatic nitrogens is 1. The van der Waals surface area contributed by atoms with Gasteiger partial charge >= 0.3 is 0 Å². The minimum Gasteiger partial charge on any atom is -0.397 e. The van der Waals surface area contributed by atoms with Crippen molar-refractivity contribution in [3.63, 3.8) is 0 Å². The number of amides is 1. The SMILES string of the molecule is Cc1ccc(NC(=O)Cn2c(C#N)cc(N)c2Cc2ccccc2)cc1. The van der Waals surface area contributed by atoms with Crippen molar-refractivity contribution in [1.82, 2.24) is 4.57 Å². The molecule has 2 aromatic carbocycles.